The number of fused-ring (bicyclic) bond motifs is 1. The molecule has 1 saturated carbocycles. The highest BCUT2D eigenvalue weighted by Crippen LogP contribution is 2.36. The van der Waals surface area contributed by atoms with Crippen LogP contribution in [-0.4, -0.2) is 40.3 Å². The summed E-state index contributed by atoms with van der Waals surface area (Å²) in [6, 6.07) is 9.32. The summed E-state index contributed by atoms with van der Waals surface area (Å²) in [7, 11) is -4.09. The Kier molecular flexibility index (Phi) is 7.26. The Morgan fingerprint density at radius 2 is 1.81 bits per heavy atom. The van der Waals surface area contributed by atoms with Crippen molar-refractivity contribution in [2.24, 2.45) is 5.92 Å². The minimum absolute atomic E-state index is 0.121. The van der Waals surface area contributed by atoms with Crippen molar-refractivity contribution in [2.45, 2.75) is 68.7 Å². The number of pyridine rings is 1. The van der Waals surface area contributed by atoms with Crippen LogP contribution < -0.4 is 4.90 Å². The quantitative estimate of drug-likeness (QED) is 0.441. The van der Waals surface area contributed by atoms with E-state index in [1.54, 1.807) is 12.5 Å². The number of hydrogen-bond donors (Lipinski definition) is 1. The highest BCUT2D eigenvalue weighted by atomic mass is 32.2. The van der Waals surface area contributed by atoms with Crippen LogP contribution in [0.15, 0.2) is 60.0 Å². The topological polar surface area (TPSA) is 82.2 Å². The van der Waals surface area contributed by atoms with E-state index >= 15 is 0 Å². The Morgan fingerprint density at radius 1 is 1.03 bits per heavy atom. The fourth-order valence-corrected chi connectivity index (χ4v) is 6.89. The number of anilines is 1. The molecule has 3 aromatic rings. The van der Waals surface area contributed by atoms with E-state index in [9.17, 15) is 21.6 Å². The summed E-state index contributed by atoms with van der Waals surface area (Å²) in [5.74, 6) is 0.636. The molecule has 3 heterocycles. The van der Waals surface area contributed by atoms with Crippen LogP contribution in [-0.2, 0) is 29.3 Å². The van der Waals surface area contributed by atoms with Gasteiger partial charge in [0.15, 0.2) is 0 Å². The molecule has 1 N–H and O–H groups in total. The van der Waals surface area contributed by atoms with Gasteiger partial charge in [-0.25, -0.2) is 13.4 Å². The van der Waals surface area contributed by atoms with Gasteiger partial charge in [0, 0.05) is 37.2 Å². The normalized spacial score (nSPS) is 19.6. The van der Waals surface area contributed by atoms with Gasteiger partial charge < -0.3 is 9.88 Å². The van der Waals surface area contributed by atoms with Gasteiger partial charge in [-0.3, -0.25) is 4.98 Å². The van der Waals surface area contributed by atoms with E-state index < -0.39 is 21.9 Å². The van der Waals surface area contributed by atoms with Crippen molar-refractivity contribution < 1.29 is 21.6 Å². The number of nitrogens with one attached hydrogen (secondary N) is 1. The van der Waals surface area contributed by atoms with Crippen LogP contribution in [0.3, 0.4) is 0 Å². The molecule has 0 unspecified atom stereocenters. The maximum absolute atomic E-state index is 13.7. The minimum Gasteiger partial charge on any atom is -0.361 e. The number of sulfonamides is 1. The summed E-state index contributed by atoms with van der Waals surface area (Å²) in [6.45, 7) is 0.889. The van der Waals surface area contributed by atoms with Crippen molar-refractivity contribution in [3.8, 4) is 0 Å². The third-order valence-corrected chi connectivity index (χ3v) is 9.24. The second-order valence-corrected chi connectivity index (χ2v) is 11.8. The number of halogens is 3. The zero-order chi connectivity index (χ0) is 26.0. The number of imidazole rings is 1. The maximum Gasteiger partial charge on any atom is 0.433 e. The van der Waals surface area contributed by atoms with E-state index in [1.165, 1.54) is 30.0 Å². The maximum atomic E-state index is 13.7. The summed E-state index contributed by atoms with van der Waals surface area (Å²) < 4.78 is 67.9. The standard InChI is InChI=1S/C26H30F3N5O2S/c27-26(28,29)25-12-11-23(14-31-25)37(35,36)33-15-20-7-3-4-8-24(20)34(16-21-13-30-18-32-21)22(17-33)10-9-19-5-1-2-6-19/h3-4,7-8,11-14,18-19,22H,1-2,5-6,9-10,15-17H2,(H,30,32)/t22-/m0/s1. The SMILES string of the molecule is O=S(=O)(c1ccc(C(F)(F)F)nc1)N1Cc2ccccc2N(Cc2cnc[nH]2)[C@@H](CCC2CCCC2)C1. The van der Waals surface area contributed by atoms with E-state index in [1.807, 2.05) is 24.3 Å². The molecule has 1 aromatic carbocycles. The number of benzene rings is 1. The van der Waals surface area contributed by atoms with Crippen LogP contribution in [0.5, 0.6) is 0 Å². The summed E-state index contributed by atoms with van der Waals surface area (Å²) in [4.78, 5) is 12.7. The largest absolute Gasteiger partial charge is 0.433 e. The van der Waals surface area contributed by atoms with E-state index in [2.05, 4.69) is 19.9 Å². The van der Waals surface area contributed by atoms with Crippen molar-refractivity contribution in [3.05, 3.63) is 72.1 Å². The Hall–Kier alpha value is -2.92. The number of hydrogen-bond acceptors (Lipinski definition) is 5. The van der Waals surface area contributed by atoms with Gasteiger partial charge in [0.05, 0.1) is 18.6 Å². The first-order valence-corrected chi connectivity index (χ1v) is 14.0. The van der Waals surface area contributed by atoms with E-state index in [0.717, 1.165) is 48.1 Å². The lowest BCUT2D eigenvalue weighted by atomic mass is 9.97. The number of alkyl halides is 3. The third-order valence-electron chi connectivity index (χ3n) is 7.45. The monoisotopic (exact) mass is 533 g/mol. The van der Waals surface area contributed by atoms with Crippen molar-refractivity contribution in [1.82, 2.24) is 19.3 Å². The lowest BCUT2D eigenvalue weighted by Crippen LogP contribution is -2.43. The summed E-state index contributed by atoms with van der Waals surface area (Å²) in [6.07, 6.45) is 6.24. The van der Waals surface area contributed by atoms with Crippen molar-refractivity contribution in [1.29, 1.82) is 0 Å². The average molecular weight is 534 g/mol. The van der Waals surface area contributed by atoms with Crippen LogP contribution in [0.4, 0.5) is 18.9 Å². The number of nitrogens with zero attached hydrogens (tertiary/aromatic N) is 4. The van der Waals surface area contributed by atoms with Crippen LogP contribution in [0, 0.1) is 5.92 Å². The van der Waals surface area contributed by atoms with Crippen LogP contribution >= 0.6 is 0 Å². The van der Waals surface area contributed by atoms with E-state index in [0.29, 0.717) is 12.5 Å². The first kappa shape index (κ1) is 25.7. The fraction of sp³-hybridized carbons (Fsp3) is 0.462. The molecule has 7 nitrogen and oxygen atoms in total. The average Bonchev–Trinajstić information content (AvgIpc) is 3.56. The first-order valence-electron chi connectivity index (χ1n) is 12.6. The molecule has 0 radical (unpaired) electrons. The highest BCUT2D eigenvalue weighted by Gasteiger charge is 2.37. The van der Waals surface area contributed by atoms with Crippen molar-refractivity contribution in [2.75, 3.05) is 11.4 Å². The van der Waals surface area contributed by atoms with Crippen LogP contribution in [0.1, 0.15) is 55.5 Å². The molecule has 198 valence electrons. The molecule has 2 aromatic heterocycles. The van der Waals surface area contributed by atoms with Gasteiger partial charge in [-0.1, -0.05) is 43.9 Å². The molecule has 2 aliphatic rings. The number of H-pyrrole nitrogens is 1. The predicted molar refractivity (Wildman–Crippen MR) is 133 cm³/mol. The lowest BCUT2D eigenvalue weighted by molar-refractivity contribution is -0.141. The second kappa shape index (κ2) is 10.4. The molecule has 1 aliphatic heterocycles. The number of para-hydroxylation sites is 1. The Morgan fingerprint density at radius 3 is 2.49 bits per heavy atom. The molecule has 0 bridgehead atoms. The van der Waals surface area contributed by atoms with Gasteiger partial charge in [-0.05, 0) is 42.5 Å². The fourth-order valence-electron chi connectivity index (χ4n) is 5.49. The van der Waals surface area contributed by atoms with Gasteiger partial charge in [0.2, 0.25) is 10.0 Å². The molecular weight excluding hydrogens is 503 g/mol. The molecule has 0 saturated heterocycles. The molecule has 11 heteroatoms. The number of aromatic nitrogens is 3. The third kappa shape index (κ3) is 5.67. The minimum atomic E-state index is -4.64. The molecule has 1 fully saturated rings. The van der Waals surface area contributed by atoms with E-state index in [-0.39, 0.29) is 24.0 Å². The Balaban J connectivity index is 1.49. The predicted octanol–water partition coefficient (Wildman–Crippen LogP) is 5.37. The summed E-state index contributed by atoms with van der Waals surface area (Å²) in [5.41, 5.74) is 1.60. The molecule has 1 aliphatic carbocycles. The Bertz CT molecular complexity index is 1290. The molecule has 0 spiro atoms. The van der Waals surface area contributed by atoms with E-state index in [4.69, 9.17) is 0 Å². The van der Waals surface area contributed by atoms with Gasteiger partial charge in [0.1, 0.15) is 10.6 Å². The number of aromatic amines is 1. The molecule has 5 rings (SSSR count). The number of rotatable bonds is 7. The zero-order valence-corrected chi connectivity index (χ0v) is 21.2. The molecule has 1 atom stereocenters. The van der Waals surface area contributed by atoms with Crippen LogP contribution in [0.25, 0.3) is 0 Å². The Labute approximate surface area is 214 Å². The summed E-state index contributed by atoms with van der Waals surface area (Å²) in [5, 5.41) is 0. The van der Waals surface area contributed by atoms with Gasteiger partial charge in [-0.2, -0.15) is 17.5 Å². The molecular formula is C26H30F3N5O2S. The van der Waals surface area contributed by atoms with Crippen LogP contribution in [0.2, 0.25) is 0 Å². The van der Waals surface area contributed by atoms with Gasteiger partial charge in [-0.15, -0.1) is 0 Å². The van der Waals surface area contributed by atoms with Crippen molar-refractivity contribution >= 4 is 15.7 Å². The first-order chi connectivity index (χ1) is 17.7. The van der Waals surface area contributed by atoms with Gasteiger partial charge >= 0.3 is 6.18 Å². The smallest absolute Gasteiger partial charge is 0.361 e. The highest BCUT2D eigenvalue weighted by molar-refractivity contribution is 7.89. The van der Waals surface area contributed by atoms with Crippen molar-refractivity contribution in [3.63, 3.8) is 0 Å². The summed E-state index contributed by atoms with van der Waals surface area (Å²) >= 11 is 0. The molecule has 37 heavy (non-hydrogen) atoms. The lowest BCUT2D eigenvalue weighted by Gasteiger charge is -2.34. The van der Waals surface area contributed by atoms with Gasteiger partial charge in [0.25, 0.3) is 0 Å². The second-order valence-electron chi connectivity index (χ2n) is 9.89. The molecule has 0 amide bonds. The zero-order valence-electron chi connectivity index (χ0n) is 20.4.